The van der Waals surface area contributed by atoms with Gasteiger partial charge in [0.15, 0.2) is 12.4 Å². The minimum atomic E-state index is -0.615. The second-order valence-corrected chi connectivity index (χ2v) is 8.59. The molecule has 186 valence electrons. The first-order chi connectivity index (χ1) is 17.8. The number of halogens is 1. The van der Waals surface area contributed by atoms with Crippen LogP contribution in [0, 0.1) is 12.7 Å². The molecule has 0 radical (unpaired) electrons. The number of H-pyrrole nitrogens is 1. The van der Waals surface area contributed by atoms with Crippen molar-refractivity contribution >= 4 is 28.8 Å². The molecule has 0 spiro atoms. The van der Waals surface area contributed by atoms with Crippen LogP contribution in [0.4, 0.5) is 10.1 Å². The van der Waals surface area contributed by atoms with Gasteiger partial charge in [0.1, 0.15) is 17.1 Å². The van der Waals surface area contributed by atoms with Crippen molar-refractivity contribution in [3.05, 3.63) is 106 Å². The molecule has 8 nitrogen and oxygen atoms in total. The van der Waals surface area contributed by atoms with E-state index >= 15 is 0 Å². The van der Waals surface area contributed by atoms with Gasteiger partial charge in [0, 0.05) is 17.8 Å². The Balaban J connectivity index is 1.74. The highest BCUT2D eigenvalue weighted by molar-refractivity contribution is 6.53. The van der Waals surface area contributed by atoms with E-state index in [4.69, 9.17) is 4.74 Å². The lowest BCUT2D eigenvalue weighted by atomic mass is 10.0. The predicted molar refractivity (Wildman–Crippen MR) is 136 cm³/mol. The second kappa shape index (κ2) is 9.34. The summed E-state index contributed by atoms with van der Waals surface area (Å²) < 4.78 is 21.5. The van der Waals surface area contributed by atoms with E-state index < -0.39 is 23.2 Å². The highest BCUT2D eigenvalue weighted by atomic mass is 19.1. The van der Waals surface area contributed by atoms with E-state index in [1.54, 1.807) is 41.2 Å². The smallest absolute Gasteiger partial charge is 0.331 e. The maximum atomic E-state index is 13.9. The molecule has 2 aromatic heterocycles. The topological polar surface area (TPSA) is 88.3 Å². The molecular formula is C28H24FN4O4+. The van der Waals surface area contributed by atoms with Gasteiger partial charge in [-0.05, 0) is 67.4 Å². The lowest BCUT2D eigenvalue weighted by Crippen LogP contribution is -2.39. The average Bonchev–Trinajstić information content (AvgIpc) is 3.37. The fourth-order valence-corrected chi connectivity index (χ4v) is 4.37. The van der Waals surface area contributed by atoms with Gasteiger partial charge in [0.25, 0.3) is 17.2 Å². The van der Waals surface area contributed by atoms with Crippen molar-refractivity contribution in [2.45, 2.75) is 20.3 Å². The number of carbonyl (C=O) groups is 2. The number of methoxy groups -OCH3 is 1. The summed E-state index contributed by atoms with van der Waals surface area (Å²) in [7, 11) is 1.53. The predicted octanol–water partition coefficient (Wildman–Crippen LogP) is 3.41. The minimum absolute atomic E-state index is 0.00590. The number of hydrogen-bond donors (Lipinski definition) is 1. The molecule has 37 heavy (non-hydrogen) atoms. The molecule has 1 N–H and O–H groups in total. The zero-order valence-corrected chi connectivity index (χ0v) is 20.5. The van der Waals surface area contributed by atoms with E-state index in [-0.39, 0.29) is 16.8 Å². The van der Waals surface area contributed by atoms with Gasteiger partial charge < -0.3 is 4.74 Å². The molecular weight excluding hydrogens is 475 g/mol. The van der Waals surface area contributed by atoms with Gasteiger partial charge in [0.05, 0.1) is 24.0 Å². The summed E-state index contributed by atoms with van der Waals surface area (Å²) in [5.74, 6) is -1.04. The fraction of sp³-hybridized carbons (Fsp3) is 0.143. The van der Waals surface area contributed by atoms with Crippen LogP contribution in [0.15, 0.2) is 77.9 Å². The van der Waals surface area contributed by atoms with Gasteiger partial charge in [-0.3, -0.25) is 19.5 Å². The summed E-state index contributed by atoms with van der Waals surface area (Å²) >= 11 is 0. The van der Waals surface area contributed by atoms with E-state index in [0.29, 0.717) is 29.2 Å². The maximum Gasteiger partial charge on any atom is 0.331 e. The van der Waals surface area contributed by atoms with Crippen LogP contribution in [0.1, 0.15) is 23.7 Å². The number of ether oxygens (including phenoxy) is 1. The number of aromatic amines is 1. The number of aromatic nitrogens is 3. The number of imide groups is 1. The van der Waals surface area contributed by atoms with Crippen LogP contribution in [-0.4, -0.2) is 28.7 Å². The standard InChI is InChI=1S/C28H23FN4O4/c1-4-22-23(27(35)33(30-22)20-7-5-18(29)6-8-20)24-25(31-15-13-17(2)14-16-31)28(36)32(26(24)34)19-9-11-21(37-3)12-10-19/h5-16H,4H2,1-3H3/p+1. The first-order valence-electron chi connectivity index (χ1n) is 11.7. The van der Waals surface area contributed by atoms with Gasteiger partial charge in [-0.1, -0.05) is 6.92 Å². The monoisotopic (exact) mass is 499 g/mol. The number of hydrogen-bond acceptors (Lipinski definition) is 4. The molecule has 0 bridgehead atoms. The Bertz CT molecular complexity index is 1600. The lowest BCUT2D eigenvalue weighted by Gasteiger charge is -2.14. The van der Waals surface area contributed by atoms with Crippen molar-refractivity contribution in [1.82, 2.24) is 9.78 Å². The highest BCUT2D eigenvalue weighted by Crippen LogP contribution is 2.34. The summed E-state index contributed by atoms with van der Waals surface area (Å²) in [4.78, 5) is 42.5. The number of nitrogens with zero attached hydrogens (tertiary/aromatic N) is 3. The van der Waals surface area contributed by atoms with Crippen molar-refractivity contribution in [2.24, 2.45) is 0 Å². The molecule has 1 aliphatic heterocycles. The largest absolute Gasteiger partial charge is 0.497 e. The Kier molecular flexibility index (Phi) is 6.04. The maximum absolute atomic E-state index is 13.9. The van der Waals surface area contributed by atoms with Crippen LogP contribution in [-0.2, 0) is 16.0 Å². The van der Waals surface area contributed by atoms with Crippen LogP contribution >= 0.6 is 0 Å². The van der Waals surface area contributed by atoms with E-state index in [1.807, 2.05) is 26.0 Å². The molecule has 5 rings (SSSR count). The number of nitrogens with one attached hydrogen (secondary N) is 1. The molecule has 1 aliphatic rings. The van der Waals surface area contributed by atoms with Gasteiger partial charge in [-0.15, -0.1) is 0 Å². The summed E-state index contributed by atoms with van der Waals surface area (Å²) in [6, 6.07) is 15.6. The molecule has 0 atom stereocenters. The van der Waals surface area contributed by atoms with Crippen molar-refractivity contribution in [3.63, 3.8) is 0 Å². The summed E-state index contributed by atoms with van der Waals surface area (Å²) in [6.45, 7) is 3.75. The Morgan fingerprint density at radius 2 is 1.51 bits per heavy atom. The van der Waals surface area contributed by atoms with Crippen LogP contribution in [0.5, 0.6) is 5.75 Å². The Morgan fingerprint density at radius 1 is 0.892 bits per heavy atom. The normalized spacial score (nSPS) is 13.6. The number of rotatable bonds is 6. The molecule has 0 saturated heterocycles. The molecule has 0 aliphatic carbocycles. The molecule has 3 heterocycles. The summed E-state index contributed by atoms with van der Waals surface area (Å²) in [5.41, 5.74) is 1.85. The van der Waals surface area contributed by atoms with E-state index in [0.717, 1.165) is 10.5 Å². The van der Waals surface area contributed by atoms with Crippen LogP contribution in [0.3, 0.4) is 0 Å². The number of benzene rings is 2. The quantitative estimate of drug-likeness (QED) is 0.325. The summed E-state index contributed by atoms with van der Waals surface area (Å²) in [6.07, 6.45) is 3.76. The van der Waals surface area contributed by atoms with Crippen molar-refractivity contribution in [1.29, 1.82) is 0 Å². The molecule has 2 aromatic carbocycles. The first-order valence-corrected chi connectivity index (χ1v) is 11.7. The molecule has 0 saturated carbocycles. The van der Waals surface area contributed by atoms with Gasteiger partial charge in [0.2, 0.25) is 0 Å². The third-order valence-corrected chi connectivity index (χ3v) is 6.30. The molecule has 9 heteroatoms. The Morgan fingerprint density at radius 3 is 2.11 bits per heavy atom. The number of aryl methyl sites for hydroxylation is 2. The molecule has 2 amide bonds. The third-order valence-electron chi connectivity index (χ3n) is 6.30. The zero-order valence-electron chi connectivity index (χ0n) is 20.5. The number of pyridine rings is 1. The van der Waals surface area contributed by atoms with Gasteiger partial charge in [-0.25, -0.2) is 14.0 Å². The van der Waals surface area contributed by atoms with Crippen molar-refractivity contribution in [3.8, 4) is 11.4 Å². The zero-order chi connectivity index (χ0) is 26.3. The van der Waals surface area contributed by atoms with E-state index in [1.165, 1.54) is 36.1 Å². The van der Waals surface area contributed by atoms with E-state index in [2.05, 4.69) is 5.10 Å². The third kappa shape index (κ3) is 4.04. The first kappa shape index (κ1) is 23.9. The molecule has 0 fully saturated rings. The molecule has 4 aromatic rings. The van der Waals surface area contributed by atoms with Crippen molar-refractivity contribution in [2.75, 3.05) is 12.0 Å². The fourth-order valence-electron chi connectivity index (χ4n) is 4.37. The van der Waals surface area contributed by atoms with E-state index in [9.17, 15) is 18.8 Å². The number of carbonyl (C=O) groups excluding carboxylic acids is 2. The van der Waals surface area contributed by atoms with Crippen molar-refractivity contribution < 1.29 is 23.3 Å². The van der Waals surface area contributed by atoms with Crippen LogP contribution < -0.4 is 19.8 Å². The molecule has 0 unspecified atom stereocenters. The number of anilines is 1. The number of amides is 2. The van der Waals surface area contributed by atoms with Gasteiger partial charge >= 0.3 is 5.91 Å². The lowest BCUT2D eigenvalue weighted by molar-refractivity contribution is -0.576. The van der Waals surface area contributed by atoms with Gasteiger partial charge in [-0.2, -0.15) is 4.57 Å². The average molecular weight is 500 g/mol. The van der Waals surface area contributed by atoms with Crippen LogP contribution in [0.25, 0.3) is 17.0 Å². The Labute approximate surface area is 211 Å². The van der Waals surface area contributed by atoms with Crippen LogP contribution in [0.2, 0.25) is 0 Å². The highest BCUT2D eigenvalue weighted by Gasteiger charge is 2.48. The SMILES string of the molecule is CCc1[nH]n(-c2ccc(F)cc2)c(=O)c1C1=C([n+]2ccc(C)cc2)C(=O)N(c2ccc(OC)cc2)C1=O. The summed E-state index contributed by atoms with van der Waals surface area (Å²) in [5, 5.41) is 3.04. The second-order valence-electron chi connectivity index (χ2n) is 8.59. The Hall–Kier alpha value is -4.79. The minimum Gasteiger partial charge on any atom is -0.497 e.